The first kappa shape index (κ1) is 28.3. The van der Waals surface area contributed by atoms with Gasteiger partial charge in [-0.25, -0.2) is 0 Å². The van der Waals surface area contributed by atoms with Gasteiger partial charge in [0.25, 0.3) is 0 Å². The molecule has 20 heavy (non-hydrogen) atoms. The van der Waals surface area contributed by atoms with Crippen molar-refractivity contribution < 1.29 is 17.1 Å². The van der Waals surface area contributed by atoms with E-state index < -0.39 is 0 Å². The van der Waals surface area contributed by atoms with Crippen LogP contribution in [0.5, 0.6) is 0 Å². The van der Waals surface area contributed by atoms with Crippen LogP contribution in [0.1, 0.15) is 76.2 Å². The zero-order chi connectivity index (χ0) is 15.2. The summed E-state index contributed by atoms with van der Waals surface area (Å²) in [5.74, 6) is 0.833. The van der Waals surface area contributed by atoms with Crippen molar-refractivity contribution in [1.82, 2.24) is 0 Å². The first-order valence-corrected chi connectivity index (χ1v) is 6.95. The SMILES string of the molecule is CC(C)(C)N=CC(C)(C)[N-]C(C)(C)C.CC(C)C.[CH3-].[Mn+2]. The molecule has 123 valence electrons. The molecule has 0 N–H and O–H groups in total. The summed E-state index contributed by atoms with van der Waals surface area (Å²) in [6.45, 7) is 23.3. The Labute approximate surface area is 140 Å². The van der Waals surface area contributed by atoms with E-state index in [1.54, 1.807) is 0 Å². The van der Waals surface area contributed by atoms with Crippen molar-refractivity contribution in [2.24, 2.45) is 10.9 Å². The maximum atomic E-state index is 4.70. The maximum Gasteiger partial charge on any atom is 2.00 e. The molecule has 0 amide bonds. The summed E-state index contributed by atoms with van der Waals surface area (Å²) < 4.78 is 0. The molecule has 2 nitrogen and oxygen atoms in total. The van der Waals surface area contributed by atoms with Crippen LogP contribution in [0.25, 0.3) is 5.32 Å². The van der Waals surface area contributed by atoms with Gasteiger partial charge in [0.2, 0.25) is 0 Å². The van der Waals surface area contributed by atoms with Gasteiger partial charge in [-0.1, -0.05) is 60.9 Å². The van der Waals surface area contributed by atoms with Crippen LogP contribution in [0, 0.1) is 13.3 Å². The Morgan fingerprint density at radius 2 is 1.15 bits per heavy atom. The molecule has 0 aromatic carbocycles. The molecular weight excluding hydrogens is 287 g/mol. The third-order valence-corrected chi connectivity index (χ3v) is 1.39. The van der Waals surface area contributed by atoms with Crippen LogP contribution in [0.3, 0.4) is 0 Å². The second-order valence-corrected chi connectivity index (χ2v) is 8.10. The Morgan fingerprint density at radius 3 is 1.35 bits per heavy atom. The van der Waals surface area contributed by atoms with Crippen molar-refractivity contribution in [3.05, 3.63) is 12.7 Å². The van der Waals surface area contributed by atoms with Crippen LogP contribution in [0.2, 0.25) is 0 Å². The van der Waals surface area contributed by atoms with Gasteiger partial charge in [-0.15, -0.1) is 5.54 Å². The fourth-order valence-electron chi connectivity index (χ4n) is 1.24. The Hall–Kier alpha value is 0.149. The monoisotopic (exact) mass is 325 g/mol. The summed E-state index contributed by atoms with van der Waals surface area (Å²) in [6.07, 6.45) is 1.96. The molecule has 0 heterocycles. The molecule has 0 unspecified atom stereocenters. The van der Waals surface area contributed by atoms with E-state index in [1.807, 2.05) is 6.21 Å². The molecule has 0 rings (SSSR count). The molecule has 3 heteroatoms. The van der Waals surface area contributed by atoms with Gasteiger partial charge in [0.1, 0.15) is 0 Å². The summed E-state index contributed by atoms with van der Waals surface area (Å²) >= 11 is 0. The fraction of sp³-hybridized carbons (Fsp3) is 0.882. The molecule has 0 aliphatic rings. The minimum Gasteiger partial charge on any atom is -0.648 e. The van der Waals surface area contributed by atoms with Crippen LogP contribution >= 0.6 is 0 Å². The molecule has 0 atom stereocenters. The van der Waals surface area contributed by atoms with E-state index >= 15 is 0 Å². The van der Waals surface area contributed by atoms with Gasteiger partial charge in [0.05, 0.1) is 5.54 Å². The van der Waals surface area contributed by atoms with Gasteiger partial charge in [-0.3, -0.25) is 4.99 Å². The minimum absolute atomic E-state index is 0. The third kappa shape index (κ3) is 30.9. The normalized spacial score (nSPS) is 12.4. The van der Waals surface area contributed by atoms with Crippen molar-refractivity contribution in [3.63, 3.8) is 0 Å². The number of hydrogen-bond donors (Lipinski definition) is 0. The molecule has 0 aromatic rings. The van der Waals surface area contributed by atoms with E-state index in [4.69, 9.17) is 5.32 Å². The summed E-state index contributed by atoms with van der Waals surface area (Å²) in [4.78, 5) is 4.49. The zero-order valence-electron chi connectivity index (χ0n) is 15.9. The van der Waals surface area contributed by atoms with E-state index in [-0.39, 0.29) is 41.1 Å². The van der Waals surface area contributed by atoms with Crippen molar-refractivity contribution in [2.45, 2.75) is 92.8 Å². The van der Waals surface area contributed by atoms with Crippen molar-refractivity contribution in [2.75, 3.05) is 0 Å². The Kier molecular flexibility index (Phi) is 15.3. The predicted molar refractivity (Wildman–Crippen MR) is 92.4 cm³/mol. The fourth-order valence-corrected chi connectivity index (χ4v) is 1.24. The second-order valence-electron chi connectivity index (χ2n) is 8.10. The predicted octanol–water partition coefficient (Wildman–Crippen LogP) is 5.92. The van der Waals surface area contributed by atoms with E-state index in [1.165, 1.54) is 0 Å². The van der Waals surface area contributed by atoms with E-state index in [0.717, 1.165) is 5.92 Å². The van der Waals surface area contributed by atoms with Gasteiger partial charge in [-0.05, 0) is 32.9 Å². The van der Waals surface area contributed by atoms with Crippen LogP contribution in [-0.2, 0) is 17.1 Å². The van der Waals surface area contributed by atoms with Crippen molar-refractivity contribution in [3.8, 4) is 0 Å². The summed E-state index contributed by atoms with van der Waals surface area (Å²) in [7, 11) is 0. The quantitative estimate of drug-likeness (QED) is 0.342. The van der Waals surface area contributed by atoms with Gasteiger partial charge in [-0.2, -0.15) is 0 Å². The number of hydrogen-bond acceptors (Lipinski definition) is 1. The van der Waals surface area contributed by atoms with Crippen molar-refractivity contribution in [1.29, 1.82) is 0 Å². The molecule has 0 bridgehead atoms. The Balaban J connectivity index is -0.000000188. The van der Waals surface area contributed by atoms with Gasteiger partial charge >= 0.3 is 17.1 Å². The number of nitrogens with zero attached hydrogens (tertiary/aromatic N) is 2. The van der Waals surface area contributed by atoms with E-state index in [9.17, 15) is 0 Å². The molecule has 1 radical (unpaired) electrons. The summed E-state index contributed by atoms with van der Waals surface area (Å²) in [6, 6.07) is 0. The molecular formula is C17H38MnN2. The number of rotatable bonds is 2. The third-order valence-electron chi connectivity index (χ3n) is 1.39. The molecule has 0 aliphatic heterocycles. The zero-order valence-corrected chi connectivity index (χ0v) is 17.1. The summed E-state index contributed by atoms with van der Waals surface area (Å²) in [5, 5.41) is 4.70. The van der Waals surface area contributed by atoms with Crippen LogP contribution in [0.15, 0.2) is 4.99 Å². The molecule has 0 saturated heterocycles. The van der Waals surface area contributed by atoms with Crippen LogP contribution in [-0.4, -0.2) is 22.8 Å². The standard InChI is InChI=1S/C12H25N2.C4H10.CH3.Mn/c1-10(2,3)13-9-12(7,8)14-11(4,5)6;1-4(2)3;;/h9H,1-8H3;4H,1-3H3;1H3;/q-1;;-1;+2. The smallest absolute Gasteiger partial charge is 0.648 e. The van der Waals surface area contributed by atoms with Crippen LogP contribution in [0.4, 0.5) is 0 Å². The molecule has 0 fully saturated rings. The molecule has 0 aromatic heterocycles. The largest absolute Gasteiger partial charge is 2.00 e. The number of aliphatic imine (C=N–C) groups is 1. The second kappa shape index (κ2) is 10.8. The van der Waals surface area contributed by atoms with E-state index in [2.05, 4.69) is 81.2 Å². The molecule has 0 aliphatic carbocycles. The first-order chi connectivity index (χ1) is 7.65. The average Bonchev–Trinajstić information content (AvgIpc) is 1.93. The maximum absolute atomic E-state index is 4.70. The van der Waals surface area contributed by atoms with Gasteiger partial charge in [0.15, 0.2) is 0 Å². The summed E-state index contributed by atoms with van der Waals surface area (Å²) in [5.41, 5.74) is -0.191. The van der Waals surface area contributed by atoms with E-state index in [0.29, 0.717) is 0 Å². The van der Waals surface area contributed by atoms with Gasteiger partial charge < -0.3 is 12.7 Å². The van der Waals surface area contributed by atoms with Crippen LogP contribution < -0.4 is 0 Å². The Bertz CT molecular complexity index is 240. The Morgan fingerprint density at radius 1 is 0.850 bits per heavy atom. The average molecular weight is 325 g/mol. The topological polar surface area (TPSA) is 26.5 Å². The first-order valence-electron chi connectivity index (χ1n) is 6.95. The minimum atomic E-state index is -0.175. The molecule has 0 spiro atoms. The molecule has 0 saturated carbocycles. The van der Waals surface area contributed by atoms with Crippen molar-refractivity contribution >= 4 is 6.21 Å². The van der Waals surface area contributed by atoms with Gasteiger partial charge in [0, 0.05) is 0 Å².